The molecule has 5 nitrogen and oxygen atoms in total. The first kappa shape index (κ1) is 17.6. The van der Waals surface area contributed by atoms with Gasteiger partial charge < -0.3 is 14.0 Å². The fraction of sp³-hybridized carbons (Fsp3) is 0.333. The van der Waals surface area contributed by atoms with Gasteiger partial charge in [-0.05, 0) is 43.3 Å². The third kappa shape index (κ3) is 3.91. The molecule has 1 aromatic carbocycles. The molecule has 0 spiro atoms. The van der Waals surface area contributed by atoms with Gasteiger partial charge in [0.1, 0.15) is 17.7 Å². The van der Waals surface area contributed by atoms with Gasteiger partial charge in [-0.25, -0.2) is 9.37 Å². The molecule has 1 aliphatic rings. The van der Waals surface area contributed by atoms with E-state index in [1.807, 2.05) is 13.0 Å². The normalized spacial score (nSPS) is 18.8. The SMILES string of the molecule is CCOCCn1c(C=O)nc2c1=CC(Oc1ccc(F)cc1)C(Cl)C=2. The molecule has 0 bridgehead atoms. The molecule has 7 heteroatoms. The standard InChI is InChI=1S/C18H18ClFN2O3/c1-2-24-8-7-22-16-10-17(25-13-5-3-12(20)4-6-13)14(19)9-15(16)21-18(22)11-23/h3-6,9-11,14,17H,2,7-8H2,1H3. The molecule has 0 amide bonds. The van der Waals surface area contributed by atoms with Crippen LogP contribution in [0.3, 0.4) is 0 Å². The van der Waals surface area contributed by atoms with E-state index in [1.165, 1.54) is 12.1 Å². The summed E-state index contributed by atoms with van der Waals surface area (Å²) >= 11 is 6.37. The maximum Gasteiger partial charge on any atom is 0.185 e. The molecule has 1 heterocycles. The minimum atomic E-state index is -0.457. The predicted molar refractivity (Wildman–Crippen MR) is 92.7 cm³/mol. The number of hydrogen-bond acceptors (Lipinski definition) is 4. The van der Waals surface area contributed by atoms with Gasteiger partial charge in [0.2, 0.25) is 0 Å². The zero-order valence-electron chi connectivity index (χ0n) is 13.7. The maximum atomic E-state index is 13.0. The summed E-state index contributed by atoms with van der Waals surface area (Å²) in [4.78, 5) is 15.6. The van der Waals surface area contributed by atoms with E-state index in [2.05, 4.69) is 4.98 Å². The van der Waals surface area contributed by atoms with Crippen molar-refractivity contribution in [3.63, 3.8) is 0 Å². The summed E-state index contributed by atoms with van der Waals surface area (Å²) in [5.74, 6) is 0.505. The van der Waals surface area contributed by atoms with E-state index in [4.69, 9.17) is 21.1 Å². The molecular formula is C18H18ClFN2O3. The van der Waals surface area contributed by atoms with Crippen molar-refractivity contribution in [2.75, 3.05) is 13.2 Å². The molecule has 25 heavy (non-hydrogen) atoms. The van der Waals surface area contributed by atoms with Crippen molar-refractivity contribution in [3.05, 3.63) is 46.6 Å². The lowest BCUT2D eigenvalue weighted by Crippen LogP contribution is -2.41. The van der Waals surface area contributed by atoms with E-state index in [0.29, 0.717) is 43.0 Å². The maximum absolute atomic E-state index is 13.0. The second-order valence-corrected chi connectivity index (χ2v) is 6.02. The summed E-state index contributed by atoms with van der Waals surface area (Å²) in [5.41, 5.74) is 0. The zero-order chi connectivity index (χ0) is 17.8. The number of halogens is 2. The van der Waals surface area contributed by atoms with Gasteiger partial charge in [-0.1, -0.05) is 0 Å². The molecule has 2 unspecified atom stereocenters. The summed E-state index contributed by atoms with van der Waals surface area (Å²) in [6, 6.07) is 5.75. The van der Waals surface area contributed by atoms with E-state index >= 15 is 0 Å². The lowest BCUT2D eigenvalue weighted by molar-refractivity contribution is 0.110. The van der Waals surface area contributed by atoms with Crippen LogP contribution in [0.5, 0.6) is 5.75 Å². The van der Waals surface area contributed by atoms with Crippen molar-refractivity contribution < 1.29 is 18.7 Å². The molecular weight excluding hydrogens is 347 g/mol. The lowest BCUT2D eigenvalue weighted by atomic mass is 10.1. The van der Waals surface area contributed by atoms with Crippen LogP contribution < -0.4 is 15.4 Å². The largest absolute Gasteiger partial charge is 0.484 e. The van der Waals surface area contributed by atoms with Crippen molar-refractivity contribution in [2.24, 2.45) is 0 Å². The van der Waals surface area contributed by atoms with Gasteiger partial charge in [-0.3, -0.25) is 4.79 Å². The highest BCUT2D eigenvalue weighted by Gasteiger charge is 2.23. The first-order valence-electron chi connectivity index (χ1n) is 8.02. The molecule has 0 N–H and O–H groups in total. The van der Waals surface area contributed by atoms with Crippen LogP contribution in [0.4, 0.5) is 4.39 Å². The Morgan fingerprint density at radius 3 is 2.76 bits per heavy atom. The summed E-state index contributed by atoms with van der Waals surface area (Å²) < 4.78 is 26.0. The first-order chi connectivity index (χ1) is 12.1. The Labute approximate surface area is 149 Å². The van der Waals surface area contributed by atoms with E-state index in [1.54, 1.807) is 22.8 Å². The first-order valence-corrected chi connectivity index (χ1v) is 8.45. The third-order valence-electron chi connectivity index (χ3n) is 3.87. The number of hydrogen-bond donors (Lipinski definition) is 0. The smallest absolute Gasteiger partial charge is 0.185 e. The second kappa shape index (κ2) is 7.80. The van der Waals surface area contributed by atoms with Gasteiger partial charge >= 0.3 is 0 Å². The highest BCUT2D eigenvalue weighted by atomic mass is 35.5. The third-order valence-corrected chi connectivity index (χ3v) is 4.25. The number of imidazole rings is 1. The van der Waals surface area contributed by atoms with Crippen molar-refractivity contribution in [3.8, 4) is 5.75 Å². The minimum Gasteiger partial charge on any atom is -0.484 e. The summed E-state index contributed by atoms with van der Waals surface area (Å²) in [7, 11) is 0. The van der Waals surface area contributed by atoms with E-state index in [0.717, 1.165) is 5.35 Å². The topological polar surface area (TPSA) is 53.4 Å². The monoisotopic (exact) mass is 364 g/mol. The average Bonchev–Trinajstić information content (AvgIpc) is 2.94. The molecule has 0 saturated heterocycles. The quantitative estimate of drug-likeness (QED) is 0.424. The molecule has 0 fully saturated rings. The Balaban J connectivity index is 1.92. The molecule has 1 aromatic heterocycles. The number of aldehydes is 1. The van der Waals surface area contributed by atoms with Crippen LogP contribution in [-0.4, -0.2) is 40.5 Å². The van der Waals surface area contributed by atoms with Crippen molar-refractivity contribution >= 4 is 30.0 Å². The highest BCUT2D eigenvalue weighted by molar-refractivity contribution is 6.25. The fourth-order valence-corrected chi connectivity index (χ4v) is 2.93. The van der Waals surface area contributed by atoms with Gasteiger partial charge in [0.05, 0.1) is 22.7 Å². The molecule has 0 aliphatic heterocycles. The molecule has 132 valence electrons. The van der Waals surface area contributed by atoms with E-state index in [-0.39, 0.29) is 5.82 Å². The Morgan fingerprint density at radius 1 is 1.32 bits per heavy atom. The number of aromatic nitrogens is 2. The summed E-state index contributed by atoms with van der Waals surface area (Å²) in [5, 5.41) is 0.968. The van der Waals surface area contributed by atoms with Crippen LogP contribution in [-0.2, 0) is 11.3 Å². The van der Waals surface area contributed by atoms with Crippen LogP contribution in [0.1, 0.15) is 17.5 Å². The van der Waals surface area contributed by atoms with Crippen LogP contribution in [0.25, 0.3) is 12.2 Å². The molecule has 2 atom stereocenters. The Kier molecular flexibility index (Phi) is 5.50. The van der Waals surface area contributed by atoms with E-state index in [9.17, 15) is 9.18 Å². The van der Waals surface area contributed by atoms with Gasteiger partial charge in [0, 0.05) is 13.2 Å². The number of alkyl halides is 1. The number of benzene rings is 1. The second-order valence-electron chi connectivity index (χ2n) is 5.52. The van der Waals surface area contributed by atoms with Crippen molar-refractivity contribution in [1.29, 1.82) is 0 Å². The molecule has 2 aromatic rings. The number of rotatable bonds is 7. The highest BCUT2D eigenvalue weighted by Crippen LogP contribution is 2.19. The molecule has 1 aliphatic carbocycles. The predicted octanol–water partition coefficient (Wildman–Crippen LogP) is 1.50. The molecule has 0 saturated carbocycles. The zero-order valence-corrected chi connectivity index (χ0v) is 14.4. The Bertz CT molecular complexity index is 864. The lowest BCUT2D eigenvalue weighted by Gasteiger charge is -2.20. The van der Waals surface area contributed by atoms with Crippen LogP contribution in [0.15, 0.2) is 24.3 Å². The van der Waals surface area contributed by atoms with Crippen LogP contribution in [0.2, 0.25) is 0 Å². The van der Waals surface area contributed by atoms with E-state index < -0.39 is 11.5 Å². The molecule has 0 radical (unpaired) electrons. The number of ether oxygens (including phenoxy) is 2. The van der Waals surface area contributed by atoms with Crippen molar-refractivity contribution in [1.82, 2.24) is 9.55 Å². The van der Waals surface area contributed by atoms with Gasteiger partial charge in [-0.15, -0.1) is 11.6 Å². The summed E-state index contributed by atoms with van der Waals surface area (Å²) in [6.45, 7) is 3.49. The molecule has 3 rings (SSSR count). The number of carbonyl (C=O) groups is 1. The van der Waals surface area contributed by atoms with Crippen molar-refractivity contribution in [2.45, 2.75) is 24.9 Å². The number of carbonyl (C=O) groups excluding carboxylic acids is 1. The van der Waals surface area contributed by atoms with Gasteiger partial charge in [-0.2, -0.15) is 0 Å². The Hall–Kier alpha value is -2.18. The summed E-state index contributed by atoms with van der Waals surface area (Å²) in [6.07, 6.45) is 3.85. The van der Waals surface area contributed by atoms with Gasteiger partial charge in [0.25, 0.3) is 0 Å². The average molecular weight is 365 g/mol. The number of fused-ring (bicyclic) bond motifs is 1. The van der Waals surface area contributed by atoms with Crippen LogP contribution >= 0.6 is 11.6 Å². The van der Waals surface area contributed by atoms with Gasteiger partial charge in [0.15, 0.2) is 12.1 Å². The fourth-order valence-electron chi connectivity index (χ4n) is 2.69. The number of nitrogens with zero attached hydrogens (tertiary/aromatic N) is 2. The minimum absolute atomic E-state index is 0.323. The Morgan fingerprint density at radius 2 is 2.08 bits per heavy atom. The van der Waals surface area contributed by atoms with Crippen LogP contribution in [0, 0.1) is 5.82 Å².